The number of sulfonamides is 1. The molecule has 0 aliphatic rings. The summed E-state index contributed by atoms with van der Waals surface area (Å²) in [6.07, 6.45) is -0.328. The smallest absolute Gasteiger partial charge is 0.255 e. The maximum absolute atomic E-state index is 13.8. The average Bonchev–Trinajstić information content (AvgIpc) is 3.13. The third-order valence-corrected chi connectivity index (χ3v) is 12.1. The number of hydrogen-bond donors (Lipinski definition) is 7. The van der Waals surface area contributed by atoms with Crippen LogP contribution in [0.25, 0.3) is 0 Å². The Morgan fingerprint density at radius 1 is 0.698 bits per heavy atom. The SMILES string of the molecule is CNC(=O)CCNC(C)(C(=O)NC)S(=O)(=O)c1cccc(Nc2nc(Cl)nc(Nc3cccc(S(=O)(=O)N(CCC(=O)NC)CCC(=O)NC)c3)n2)c1. The van der Waals surface area contributed by atoms with Crippen molar-refractivity contribution < 1.29 is 36.0 Å². The van der Waals surface area contributed by atoms with E-state index in [9.17, 15) is 36.0 Å². The zero-order chi connectivity index (χ0) is 39.4. The third-order valence-electron chi connectivity index (χ3n) is 7.76. The summed E-state index contributed by atoms with van der Waals surface area (Å²) in [4.78, 5) is 58.2. The Balaban J connectivity index is 1.88. The van der Waals surface area contributed by atoms with Gasteiger partial charge in [-0.25, -0.2) is 16.8 Å². The number of amides is 4. The molecule has 1 heterocycles. The van der Waals surface area contributed by atoms with Crippen molar-refractivity contribution in [1.82, 2.24) is 45.8 Å². The van der Waals surface area contributed by atoms with Gasteiger partial charge < -0.3 is 31.9 Å². The molecule has 0 aliphatic carbocycles. The van der Waals surface area contributed by atoms with E-state index in [-0.39, 0.29) is 95.0 Å². The minimum Gasteiger partial charge on any atom is -0.359 e. The van der Waals surface area contributed by atoms with Crippen molar-refractivity contribution in [2.75, 3.05) is 58.5 Å². The Morgan fingerprint density at radius 2 is 1.17 bits per heavy atom. The number of benzene rings is 2. The number of hydrogen-bond acceptors (Lipinski definition) is 14. The maximum Gasteiger partial charge on any atom is 0.255 e. The Morgan fingerprint density at radius 3 is 1.66 bits per heavy atom. The fourth-order valence-corrected chi connectivity index (χ4v) is 8.01. The molecule has 4 amide bonds. The number of halogens is 1. The number of sulfone groups is 1. The minimum absolute atomic E-state index is 0.0759. The van der Waals surface area contributed by atoms with Crippen LogP contribution in [0, 0.1) is 0 Å². The predicted molar refractivity (Wildman–Crippen MR) is 197 cm³/mol. The third kappa shape index (κ3) is 11.0. The van der Waals surface area contributed by atoms with Crippen molar-refractivity contribution >= 4 is 78.4 Å². The van der Waals surface area contributed by atoms with Crippen LogP contribution in [0.1, 0.15) is 26.2 Å². The maximum atomic E-state index is 13.8. The van der Waals surface area contributed by atoms with Crippen LogP contribution in [0.15, 0.2) is 58.3 Å². The fraction of sp³-hybridized carbons (Fsp3) is 0.387. The topological polar surface area (TPSA) is 263 Å². The van der Waals surface area contributed by atoms with Crippen LogP contribution >= 0.6 is 11.6 Å². The second-order valence-corrected chi connectivity index (χ2v) is 15.8. The molecule has 22 heteroatoms. The summed E-state index contributed by atoms with van der Waals surface area (Å²) in [6, 6.07) is 11.2. The number of likely N-dealkylation sites (N-methyl/N-ethyl adjacent to an activating group) is 1. The van der Waals surface area contributed by atoms with E-state index in [2.05, 4.69) is 52.2 Å². The van der Waals surface area contributed by atoms with Crippen LogP contribution in [-0.4, -0.2) is 112 Å². The van der Waals surface area contributed by atoms with E-state index in [0.717, 1.165) is 4.31 Å². The van der Waals surface area contributed by atoms with Gasteiger partial charge in [-0.3, -0.25) is 24.5 Å². The van der Waals surface area contributed by atoms with E-state index in [4.69, 9.17) is 11.6 Å². The molecular formula is C31H42ClN11O8S2. The van der Waals surface area contributed by atoms with Gasteiger partial charge in [0.1, 0.15) is 0 Å². The standard InChI is InChI=1S/C31H42ClN11O8S2/c1-31(27(47)36-5,37-15-12-24(44)33-2)52(48,49)22-10-6-8-20(18-22)38-29-40-28(32)41-30(42-29)39-21-9-7-11-23(19-21)53(50,51)43(16-13-25(45)34-3)17-14-26(46)35-4/h6-11,18-19,37H,12-17H2,1-5H3,(H,33,44)(H,34,45)(H,35,46)(H,36,47)(H2,38,39,40,41,42). The molecule has 1 unspecified atom stereocenters. The Bertz CT molecular complexity index is 2020. The zero-order valence-corrected chi connectivity index (χ0v) is 32.0. The molecule has 0 bridgehead atoms. The molecule has 19 nitrogen and oxygen atoms in total. The molecule has 0 aliphatic heterocycles. The lowest BCUT2D eigenvalue weighted by atomic mass is 10.3. The monoisotopic (exact) mass is 795 g/mol. The molecule has 0 spiro atoms. The van der Waals surface area contributed by atoms with Crippen LogP contribution in [0.5, 0.6) is 0 Å². The highest BCUT2D eigenvalue weighted by Gasteiger charge is 2.46. The van der Waals surface area contributed by atoms with Gasteiger partial charge in [-0.15, -0.1) is 0 Å². The van der Waals surface area contributed by atoms with Gasteiger partial charge in [-0.2, -0.15) is 19.3 Å². The van der Waals surface area contributed by atoms with E-state index in [0.29, 0.717) is 0 Å². The first-order valence-corrected chi connectivity index (χ1v) is 19.3. The van der Waals surface area contributed by atoms with Crippen LogP contribution in [0.2, 0.25) is 5.28 Å². The van der Waals surface area contributed by atoms with Gasteiger partial charge in [0.15, 0.2) is 0 Å². The molecule has 3 rings (SSSR count). The average molecular weight is 796 g/mol. The molecule has 7 N–H and O–H groups in total. The quantitative estimate of drug-likeness (QED) is 0.0858. The summed E-state index contributed by atoms with van der Waals surface area (Å²) >= 11 is 6.18. The van der Waals surface area contributed by atoms with Gasteiger partial charge >= 0.3 is 0 Å². The first-order valence-electron chi connectivity index (χ1n) is 16.0. The first-order chi connectivity index (χ1) is 25.0. The Labute approximate surface area is 312 Å². The largest absolute Gasteiger partial charge is 0.359 e. The van der Waals surface area contributed by atoms with Crippen LogP contribution in [0.4, 0.5) is 23.3 Å². The van der Waals surface area contributed by atoms with Crippen molar-refractivity contribution in [3.63, 3.8) is 0 Å². The Hall–Kier alpha value is -4.96. The second kappa shape index (κ2) is 18.7. The van der Waals surface area contributed by atoms with E-state index < -0.39 is 30.6 Å². The lowest BCUT2D eigenvalue weighted by Crippen LogP contribution is -2.59. The summed E-state index contributed by atoms with van der Waals surface area (Å²) < 4.78 is 55.9. The van der Waals surface area contributed by atoms with E-state index in [1.807, 2.05) is 0 Å². The van der Waals surface area contributed by atoms with Gasteiger partial charge in [0.05, 0.1) is 9.79 Å². The molecule has 0 saturated heterocycles. The number of aromatic nitrogens is 3. The number of nitrogens with one attached hydrogen (secondary N) is 7. The van der Waals surface area contributed by atoms with E-state index >= 15 is 0 Å². The number of rotatable bonds is 19. The molecule has 0 saturated carbocycles. The van der Waals surface area contributed by atoms with Crippen molar-refractivity contribution in [2.24, 2.45) is 0 Å². The van der Waals surface area contributed by atoms with E-state index in [1.54, 1.807) is 6.07 Å². The molecule has 0 fully saturated rings. The predicted octanol–water partition coefficient (Wildman–Crippen LogP) is 0.237. The molecule has 53 heavy (non-hydrogen) atoms. The minimum atomic E-state index is -4.41. The lowest BCUT2D eigenvalue weighted by molar-refractivity contribution is -0.124. The summed E-state index contributed by atoms with van der Waals surface area (Å²) in [5, 5.41) is 17.8. The lowest BCUT2D eigenvalue weighted by Gasteiger charge is -2.29. The summed E-state index contributed by atoms with van der Waals surface area (Å²) in [5.74, 6) is -2.16. The molecular weight excluding hydrogens is 754 g/mol. The molecule has 1 atom stereocenters. The highest BCUT2D eigenvalue weighted by atomic mass is 35.5. The van der Waals surface area contributed by atoms with Gasteiger partial charge in [0, 0.05) is 78.5 Å². The van der Waals surface area contributed by atoms with Gasteiger partial charge in [-0.1, -0.05) is 12.1 Å². The number of carbonyl (C=O) groups is 4. The van der Waals surface area contributed by atoms with Gasteiger partial charge in [0.2, 0.25) is 59.6 Å². The van der Waals surface area contributed by atoms with Crippen molar-refractivity contribution in [1.29, 1.82) is 0 Å². The van der Waals surface area contributed by atoms with E-state index in [1.165, 1.54) is 77.6 Å². The molecule has 0 radical (unpaired) electrons. The van der Waals surface area contributed by atoms with Gasteiger partial charge in [0.25, 0.3) is 5.91 Å². The number of nitrogens with zero attached hydrogens (tertiary/aromatic N) is 4. The summed E-state index contributed by atoms with van der Waals surface area (Å²) in [6.45, 7) is 0.748. The summed E-state index contributed by atoms with van der Waals surface area (Å²) in [7, 11) is -3.00. The fourth-order valence-electron chi connectivity index (χ4n) is 4.71. The van der Waals surface area contributed by atoms with Crippen LogP contribution in [0.3, 0.4) is 0 Å². The van der Waals surface area contributed by atoms with Crippen LogP contribution in [-0.2, 0) is 39.0 Å². The number of anilines is 4. The zero-order valence-electron chi connectivity index (χ0n) is 29.6. The van der Waals surface area contributed by atoms with Crippen LogP contribution < -0.4 is 37.2 Å². The van der Waals surface area contributed by atoms with Gasteiger partial charge in [-0.05, 0) is 54.9 Å². The molecule has 288 valence electrons. The highest BCUT2D eigenvalue weighted by Crippen LogP contribution is 2.28. The van der Waals surface area contributed by atoms with Crippen molar-refractivity contribution in [3.05, 3.63) is 53.8 Å². The van der Waals surface area contributed by atoms with Crippen molar-refractivity contribution in [3.8, 4) is 0 Å². The summed E-state index contributed by atoms with van der Waals surface area (Å²) in [5.41, 5.74) is 0.438. The normalized spacial score (nSPS) is 12.7. The highest BCUT2D eigenvalue weighted by molar-refractivity contribution is 7.93. The molecule has 1 aromatic heterocycles. The Kier molecular flexibility index (Phi) is 15.0. The second-order valence-electron chi connectivity index (χ2n) is 11.3. The van der Waals surface area contributed by atoms with Crippen molar-refractivity contribution in [2.45, 2.75) is 40.8 Å². The first kappa shape index (κ1) is 42.5. The molecule has 2 aromatic carbocycles. The number of carbonyl (C=O) groups excluding carboxylic acids is 4. The molecule has 3 aromatic rings.